The van der Waals surface area contributed by atoms with Gasteiger partial charge in [-0.05, 0) is 146 Å². The highest BCUT2D eigenvalue weighted by molar-refractivity contribution is 6.30. The van der Waals surface area contributed by atoms with E-state index in [0.29, 0.717) is 41.7 Å². The number of rotatable bonds is 12. The van der Waals surface area contributed by atoms with Gasteiger partial charge in [0, 0.05) is 46.8 Å². The van der Waals surface area contributed by atoms with Crippen molar-refractivity contribution in [3.8, 4) is 0 Å². The molecule has 0 heterocycles. The van der Waals surface area contributed by atoms with Gasteiger partial charge < -0.3 is 26.2 Å². The molecule has 10 nitrogen and oxygen atoms in total. The predicted molar refractivity (Wildman–Crippen MR) is 236 cm³/mol. The number of Topliss-reactive ketones (excluding diaryl/α,β-unsaturated/α-hetero) is 1. The van der Waals surface area contributed by atoms with Crippen LogP contribution in [0.4, 0.5) is 0 Å². The number of carboxylic acids is 1. The second-order valence-electron chi connectivity index (χ2n) is 22.3. The molecular weight excluding hydrogens is 790 g/mol. The Morgan fingerprint density at radius 1 is 0.902 bits per heavy atom. The number of allylic oxidation sites excluding steroid dienone is 2. The zero-order valence-corrected chi connectivity index (χ0v) is 38.9. The van der Waals surface area contributed by atoms with E-state index in [-0.39, 0.29) is 89.1 Å². The first kappa shape index (κ1) is 44.4. The standard InChI is InChI=1S/C50H72ClN3O7/c1-28(2)40-35(55)25-50(26-39(56)54-31(18-23-52)27-53-42(57)29-10-12-30(51)13-11-29)22-21-48(8)32(41(40)50)14-15-37-47(7)19-17-38(46(5,6)36(47)16-20-49(37,48)9)61-44(60)34-24-33(43(58)59)45(34,3)4/h10-13,28,31-34,36-38H,14-27,52H2,1-9H3,(H,53,57)(H,54,56)(H,58,59)/t31?,32-,33+,34-,36+,37-,38+,47+,48-,49-,50+/m1/s1/i31D. The van der Waals surface area contributed by atoms with E-state index < -0.39 is 34.7 Å². The smallest absolute Gasteiger partial charge is 0.309 e. The molecule has 1 aromatic rings. The molecule has 336 valence electrons. The topological polar surface area (TPSA) is 165 Å². The maximum atomic E-state index is 14.3. The highest BCUT2D eigenvalue weighted by Gasteiger charge is 2.70. The van der Waals surface area contributed by atoms with Gasteiger partial charge in [0.1, 0.15) is 6.10 Å². The number of nitrogens with two attached hydrogens (primary N) is 1. The molecule has 1 unspecified atom stereocenters. The number of carbonyl (C=O) groups is 5. The lowest BCUT2D eigenvalue weighted by molar-refractivity contribution is -0.236. The number of carboxylic acid groups (broad SMARTS) is 1. The van der Waals surface area contributed by atoms with Crippen LogP contribution in [0.5, 0.6) is 0 Å². The van der Waals surface area contributed by atoms with Gasteiger partial charge >= 0.3 is 11.9 Å². The molecule has 0 radical (unpaired) electrons. The summed E-state index contributed by atoms with van der Waals surface area (Å²) < 4.78 is 15.7. The summed E-state index contributed by atoms with van der Waals surface area (Å²) in [6.07, 6.45) is 7.96. The van der Waals surface area contributed by atoms with Crippen LogP contribution in [0.15, 0.2) is 35.4 Å². The van der Waals surface area contributed by atoms with E-state index in [1.54, 1.807) is 24.3 Å². The summed E-state index contributed by atoms with van der Waals surface area (Å²) in [6, 6.07) is 4.94. The van der Waals surface area contributed by atoms with E-state index in [1.165, 1.54) is 5.57 Å². The van der Waals surface area contributed by atoms with Crippen molar-refractivity contribution in [2.24, 2.45) is 73.7 Å². The molecule has 7 rings (SSSR count). The van der Waals surface area contributed by atoms with Gasteiger partial charge in [-0.15, -0.1) is 0 Å². The summed E-state index contributed by atoms with van der Waals surface area (Å²) in [5.74, 6) is -1.68. The third kappa shape index (κ3) is 7.39. The van der Waals surface area contributed by atoms with Crippen molar-refractivity contribution in [3.05, 3.63) is 46.0 Å². The molecule has 1 aromatic carbocycles. The molecule has 5 saturated carbocycles. The van der Waals surface area contributed by atoms with Crippen molar-refractivity contribution in [2.45, 2.75) is 151 Å². The van der Waals surface area contributed by atoms with E-state index in [0.717, 1.165) is 50.5 Å². The molecule has 11 heteroatoms. The van der Waals surface area contributed by atoms with Gasteiger partial charge in [0.15, 0.2) is 5.78 Å². The summed E-state index contributed by atoms with van der Waals surface area (Å²) in [6.45, 7) is 20.0. The largest absolute Gasteiger partial charge is 0.481 e. The van der Waals surface area contributed by atoms with Crippen LogP contribution < -0.4 is 16.4 Å². The minimum atomic E-state index is -1.54. The van der Waals surface area contributed by atoms with E-state index >= 15 is 0 Å². The number of ketones is 1. The average Bonchev–Trinajstić information content (AvgIpc) is 3.46. The van der Waals surface area contributed by atoms with Gasteiger partial charge in [-0.25, -0.2) is 0 Å². The van der Waals surface area contributed by atoms with Crippen LogP contribution in [0, 0.1) is 68.0 Å². The number of ether oxygens (including phenoxy) is 1. The Kier molecular flexibility index (Phi) is 11.7. The molecule has 6 aliphatic carbocycles. The van der Waals surface area contributed by atoms with Crippen molar-refractivity contribution in [2.75, 3.05) is 13.1 Å². The second kappa shape index (κ2) is 16.1. The minimum Gasteiger partial charge on any atom is -0.481 e. The summed E-state index contributed by atoms with van der Waals surface area (Å²) >= 11 is 6.01. The van der Waals surface area contributed by atoms with Crippen molar-refractivity contribution < 1.29 is 35.2 Å². The molecule has 0 saturated heterocycles. The molecule has 2 amide bonds. The van der Waals surface area contributed by atoms with Crippen LogP contribution in [-0.2, 0) is 23.9 Å². The third-order valence-corrected chi connectivity index (χ3v) is 18.7. The fraction of sp³-hybridized carbons (Fsp3) is 0.740. The second-order valence-corrected chi connectivity index (χ2v) is 22.8. The quantitative estimate of drug-likeness (QED) is 0.151. The summed E-state index contributed by atoms with van der Waals surface area (Å²) in [7, 11) is 0. The normalized spacial score (nSPS) is 38.4. The van der Waals surface area contributed by atoms with E-state index in [2.05, 4.69) is 59.1 Å². The Morgan fingerprint density at radius 2 is 1.59 bits per heavy atom. The molecular formula is C50H72ClN3O7. The number of carbonyl (C=O) groups excluding carboxylic acids is 4. The molecule has 61 heavy (non-hydrogen) atoms. The number of esters is 1. The first-order valence-electron chi connectivity index (χ1n) is 23.6. The monoisotopic (exact) mass is 863 g/mol. The first-order valence-corrected chi connectivity index (χ1v) is 23.4. The van der Waals surface area contributed by atoms with Gasteiger partial charge in [-0.2, -0.15) is 0 Å². The maximum Gasteiger partial charge on any atom is 0.309 e. The number of hydrogen-bond acceptors (Lipinski definition) is 7. The van der Waals surface area contributed by atoms with Crippen molar-refractivity contribution in [3.63, 3.8) is 0 Å². The molecule has 0 aliphatic heterocycles. The number of hydrogen-bond donors (Lipinski definition) is 4. The van der Waals surface area contributed by atoms with Crippen LogP contribution in [0.2, 0.25) is 5.02 Å². The minimum absolute atomic E-state index is 0.0101. The van der Waals surface area contributed by atoms with Gasteiger partial charge in [0.05, 0.1) is 13.2 Å². The highest BCUT2D eigenvalue weighted by atomic mass is 35.5. The molecule has 0 spiro atoms. The van der Waals surface area contributed by atoms with Gasteiger partial charge in [0.25, 0.3) is 5.91 Å². The third-order valence-electron chi connectivity index (χ3n) is 18.5. The first-order chi connectivity index (χ1) is 28.8. The molecule has 0 aromatic heterocycles. The maximum absolute atomic E-state index is 14.3. The Balaban J connectivity index is 1.10. The van der Waals surface area contributed by atoms with Gasteiger partial charge in [-0.1, -0.05) is 79.5 Å². The van der Waals surface area contributed by atoms with Gasteiger partial charge in [-0.3, -0.25) is 24.0 Å². The Labute approximate surface area is 370 Å². The lowest BCUT2D eigenvalue weighted by Crippen LogP contribution is -2.66. The van der Waals surface area contributed by atoms with Crippen LogP contribution >= 0.6 is 11.6 Å². The van der Waals surface area contributed by atoms with Crippen LogP contribution in [0.3, 0.4) is 0 Å². The van der Waals surface area contributed by atoms with E-state index in [1.807, 2.05) is 13.8 Å². The van der Waals surface area contributed by atoms with Crippen LogP contribution in [0.25, 0.3) is 0 Å². The molecule has 5 N–H and O–H groups in total. The van der Waals surface area contributed by atoms with Crippen molar-refractivity contribution in [1.82, 2.24) is 10.6 Å². The lowest BCUT2D eigenvalue weighted by atomic mass is 9.33. The number of fused-ring (bicyclic) bond motifs is 7. The van der Waals surface area contributed by atoms with Crippen LogP contribution in [0.1, 0.15) is 151 Å². The van der Waals surface area contributed by atoms with Crippen LogP contribution in [-0.4, -0.2) is 59.9 Å². The zero-order valence-electron chi connectivity index (χ0n) is 39.1. The summed E-state index contributed by atoms with van der Waals surface area (Å²) in [4.78, 5) is 67.0. The lowest BCUT2D eigenvalue weighted by Gasteiger charge is -2.72. The molecule has 11 atom stereocenters. The number of nitrogens with one attached hydrogen (secondary N) is 2. The number of aliphatic carboxylic acids is 1. The average molecular weight is 864 g/mol. The molecule has 6 aliphatic rings. The zero-order chi connectivity index (χ0) is 45.6. The Morgan fingerprint density at radius 3 is 2.21 bits per heavy atom. The Hall–Kier alpha value is -3.24. The fourth-order valence-corrected chi connectivity index (χ4v) is 15.0. The number of amides is 2. The number of halogens is 1. The van der Waals surface area contributed by atoms with E-state index in [4.69, 9.17) is 22.1 Å². The SMILES string of the molecule is [2H]C(CCN)(CNC(=O)c1ccc(Cl)cc1)NC(=O)C[C@@]12CC[C@]3(C)[C@H](CC[C@@H]4[C@@]5(C)CC[C@H](OC(=O)[C@H]6C[C@@H](C(=O)O)C6(C)C)C(C)(C)[C@@H]5CC[C@]43C)C1=C(C(C)C)C(=O)C2. The number of benzene rings is 1. The fourth-order valence-electron chi connectivity index (χ4n) is 14.9. The predicted octanol–water partition coefficient (Wildman–Crippen LogP) is 8.93. The summed E-state index contributed by atoms with van der Waals surface area (Å²) in [5, 5.41) is 16.0. The van der Waals surface area contributed by atoms with Crippen molar-refractivity contribution in [1.29, 1.82) is 0 Å². The van der Waals surface area contributed by atoms with Crippen molar-refractivity contribution >= 4 is 41.1 Å². The summed E-state index contributed by atoms with van der Waals surface area (Å²) in [5.41, 5.74) is 6.79. The molecule has 0 bridgehead atoms. The van der Waals surface area contributed by atoms with E-state index in [9.17, 15) is 30.4 Å². The van der Waals surface area contributed by atoms with Gasteiger partial charge in [0.2, 0.25) is 5.91 Å². The highest BCUT2D eigenvalue weighted by Crippen LogP contribution is 2.77. The Bertz CT molecular complexity index is 2030. The molecule has 5 fully saturated rings.